The van der Waals surface area contributed by atoms with Crippen LogP contribution in [-0.2, 0) is 9.47 Å². The van der Waals surface area contributed by atoms with Gasteiger partial charge in [0.2, 0.25) is 0 Å². The lowest BCUT2D eigenvalue weighted by Crippen LogP contribution is -1.60. The molecule has 0 aliphatic carbocycles. The molecular weight excluding hydrogens is 120 g/mol. The highest BCUT2D eigenvalue weighted by Crippen LogP contribution is 2.04. The minimum atomic E-state index is 0. The number of hydrogen-bond acceptors (Lipinski definition) is 4. The van der Waals surface area contributed by atoms with E-state index in [1.54, 1.807) is 0 Å². The fraction of sp³-hybridized carbons (Fsp3) is 1.00. The van der Waals surface area contributed by atoms with Gasteiger partial charge in [-0.2, -0.15) is 0 Å². The fourth-order valence-corrected chi connectivity index (χ4v) is 0.0962. The highest BCUT2D eigenvalue weighted by atomic mass is 16.6. The van der Waals surface area contributed by atoms with Crippen molar-refractivity contribution in [3.8, 4) is 0 Å². The summed E-state index contributed by atoms with van der Waals surface area (Å²) in [5.74, 6) is 0. The van der Waals surface area contributed by atoms with Gasteiger partial charge in [0.1, 0.15) is 0 Å². The molecule has 1 unspecified atom stereocenters. The molecule has 0 aromatic carbocycles. The predicted octanol–water partition coefficient (Wildman–Crippen LogP) is 0.746. The summed E-state index contributed by atoms with van der Waals surface area (Å²) < 4.78 is 9.21. The van der Waals surface area contributed by atoms with Gasteiger partial charge in [-0.15, -0.1) is 0 Å². The largest absolute Gasteiger partial charge is 0.377 e. The Morgan fingerprint density at radius 2 is 1.44 bits per heavy atom. The molecule has 2 aliphatic rings. The third-order valence-corrected chi connectivity index (χ3v) is 0.704. The molecule has 2 fully saturated rings. The summed E-state index contributed by atoms with van der Waals surface area (Å²) in [5, 5.41) is 0. The van der Waals surface area contributed by atoms with Crippen LogP contribution in [0.4, 0.5) is 0 Å². The molecule has 0 bridgehead atoms. The molecule has 2 aliphatic heterocycles. The van der Waals surface area contributed by atoms with Crippen molar-refractivity contribution in [1.29, 1.82) is 0 Å². The van der Waals surface area contributed by atoms with Gasteiger partial charge in [-0.1, -0.05) is 0 Å². The Morgan fingerprint density at radius 3 is 1.44 bits per heavy atom. The molecule has 1 atom stereocenters. The zero-order valence-electron chi connectivity index (χ0n) is 5.93. The quantitative estimate of drug-likeness (QED) is 0.480. The molecule has 0 spiro atoms. The summed E-state index contributed by atoms with van der Waals surface area (Å²) in [7, 11) is 0. The van der Waals surface area contributed by atoms with Crippen LogP contribution in [-0.4, -0.2) is 25.9 Å². The minimum Gasteiger partial charge on any atom is -0.377 e. The number of hydrogen-bond donors (Lipinski definition) is 2. The van der Waals surface area contributed by atoms with E-state index in [2.05, 4.69) is 11.7 Å². The number of rotatable bonds is 0. The van der Waals surface area contributed by atoms with Crippen molar-refractivity contribution in [1.82, 2.24) is 12.3 Å². The minimum absolute atomic E-state index is 0. The van der Waals surface area contributed by atoms with Gasteiger partial charge < -0.3 is 21.8 Å². The molecule has 4 nitrogen and oxygen atoms in total. The van der Waals surface area contributed by atoms with Gasteiger partial charge in [-0.05, 0) is 6.92 Å². The second-order valence-corrected chi connectivity index (χ2v) is 1.76. The topological polar surface area (TPSA) is 95.1 Å². The van der Waals surface area contributed by atoms with Gasteiger partial charge in [0.05, 0.1) is 25.9 Å². The molecule has 4 heteroatoms. The zero-order valence-corrected chi connectivity index (χ0v) is 5.93. The normalized spacial score (nSPS) is 25.7. The lowest BCUT2D eigenvalue weighted by atomic mass is 10.6. The molecule has 0 saturated carbocycles. The van der Waals surface area contributed by atoms with Gasteiger partial charge in [0.15, 0.2) is 0 Å². The average Bonchev–Trinajstić information content (AvgIpc) is 2.27. The first-order chi connectivity index (χ1) is 3.39. The second kappa shape index (κ2) is 5.97. The van der Waals surface area contributed by atoms with Crippen LogP contribution in [0.2, 0.25) is 0 Å². The van der Waals surface area contributed by atoms with E-state index < -0.39 is 0 Å². The first-order valence-corrected chi connectivity index (χ1v) is 2.59. The maximum Gasteiger partial charge on any atom is 0.0781 e. The molecule has 6 N–H and O–H groups in total. The van der Waals surface area contributed by atoms with E-state index in [1.165, 1.54) is 0 Å². The summed E-state index contributed by atoms with van der Waals surface area (Å²) in [4.78, 5) is 0. The maximum absolute atomic E-state index is 4.71. The van der Waals surface area contributed by atoms with E-state index >= 15 is 0 Å². The van der Waals surface area contributed by atoms with E-state index in [0.717, 1.165) is 19.8 Å². The van der Waals surface area contributed by atoms with Crippen molar-refractivity contribution in [3.05, 3.63) is 0 Å². The van der Waals surface area contributed by atoms with Gasteiger partial charge in [-0.3, -0.25) is 0 Å². The van der Waals surface area contributed by atoms with Crippen LogP contribution in [0.25, 0.3) is 0 Å². The van der Waals surface area contributed by atoms with E-state index in [1.807, 2.05) is 0 Å². The van der Waals surface area contributed by atoms with Crippen molar-refractivity contribution in [2.45, 2.75) is 13.0 Å². The molecule has 0 aromatic rings. The lowest BCUT2D eigenvalue weighted by molar-refractivity contribution is 0.423. The van der Waals surface area contributed by atoms with Crippen LogP contribution >= 0.6 is 0 Å². The van der Waals surface area contributed by atoms with Crippen LogP contribution < -0.4 is 12.3 Å². The monoisotopic (exact) mass is 136 g/mol. The van der Waals surface area contributed by atoms with E-state index in [0.29, 0.717) is 6.10 Å². The first kappa shape index (κ1) is 11.6. The number of ether oxygens (including phenoxy) is 2. The summed E-state index contributed by atoms with van der Waals surface area (Å²) in [5.41, 5.74) is 0. The summed E-state index contributed by atoms with van der Waals surface area (Å²) in [6.07, 6.45) is 0.583. The van der Waals surface area contributed by atoms with Gasteiger partial charge in [0, 0.05) is 0 Å². The van der Waals surface area contributed by atoms with Crippen molar-refractivity contribution in [2.75, 3.05) is 19.8 Å². The van der Waals surface area contributed by atoms with E-state index in [9.17, 15) is 0 Å². The third-order valence-electron chi connectivity index (χ3n) is 0.704. The summed E-state index contributed by atoms with van der Waals surface area (Å²) in [6, 6.07) is 0. The SMILES string of the molecule is C1CO1.CC1CO1.N.N. The van der Waals surface area contributed by atoms with Crippen LogP contribution in [0.1, 0.15) is 6.92 Å². The first-order valence-electron chi connectivity index (χ1n) is 2.59. The molecule has 9 heavy (non-hydrogen) atoms. The van der Waals surface area contributed by atoms with Crippen molar-refractivity contribution >= 4 is 0 Å². The maximum atomic E-state index is 4.71. The summed E-state index contributed by atoms with van der Waals surface area (Å²) in [6.45, 7) is 5.04. The highest BCUT2D eigenvalue weighted by Gasteiger charge is 2.13. The average molecular weight is 136 g/mol. The molecule has 2 heterocycles. The van der Waals surface area contributed by atoms with Crippen molar-refractivity contribution in [2.24, 2.45) is 0 Å². The highest BCUT2D eigenvalue weighted by molar-refractivity contribution is 4.58. The zero-order chi connectivity index (χ0) is 5.11. The molecule has 0 amide bonds. The second-order valence-electron chi connectivity index (χ2n) is 1.76. The Morgan fingerprint density at radius 1 is 1.22 bits per heavy atom. The molecule has 58 valence electrons. The van der Waals surface area contributed by atoms with Gasteiger partial charge in [-0.25, -0.2) is 0 Å². The lowest BCUT2D eigenvalue weighted by Gasteiger charge is -1.50. The van der Waals surface area contributed by atoms with Gasteiger partial charge >= 0.3 is 0 Å². The third kappa shape index (κ3) is 18.1. The fourth-order valence-electron chi connectivity index (χ4n) is 0.0962. The Balaban J connectivity index is 0. The van der Waals surface area contributed by atoms with Crippen molar-refractivity contribution < 1.29 is 9.47 Å². The van der Waals surface area contributed by atoms with E-state index in [-0.39, 0.29) is 12.3 Å². The van der Waals surface area contributed by atoms with Crippen molar-refractivity contribution in [3.63, 3.8) is 0 Å². The Kier molecular flexibility index (Phi) is 7.70. The van der Waals surface area contributed by atoms with Crippen LogP contribution in [0.15, 0.2) is 0 Å². The smallest absolute Gasteiger partial charge is 0.0781 e. The summed E-state index contributed by atoms with van der Waals surface area (Å²) >= 11 is 0. The number of epoxide rings is 2. The van der Waals surface area contributed by atoms with Gasteiger partial charge in [0.25, 0.3) is 0 Å². The molecule has 0 aromatic heterocycles. The molecule has 2 saturated heterocycles. The Labute approximate surface area is 55.7 Å². The van der Waals surface area contributed by atoms with Crippen LogP contribution in [0, 0.1) is 0 Å². The predicted molar refractivity (Wildman–Crippen MR) is 36.3 cm³/mol. The standard InChI is InChI=1S/C3H6O.C2H4O.2H3N/c1-3-2-4-3;1-2-3-1;;/h3H,2H2,1H3;1-2H2;2*1H3. The molecule has 2 rings (SSSR count). The Hall–Kier alpha value is -0.160. The Bertz CT molecular complexity index is 52.2. The van der Waals surface area contributed by atoms with E-state index in [4.69, 9.17) is 4.74 Å². The van der Waals surface area contributed by atoms with Crippen LogP contribution in [0.3, 0.4) is 0 Å². The molecule has 0 radical (unpaired) electrons. The molecular formula is C5H16N2O2. The van der Waals surface area contributed by atoms with Crippen LogP contribution in [0.5, 0.6) is 0 Å².